The third kappa shape index (κ3) is 7.34. The van der Waals surface area contributed by atoms with E-state index in [2.05, 4.69) is 40.7 Å². The SMILES string of the molecule is Cc1cccc(-c2nnc(Nc3ccc(Oc4ncccc4-c4ccnc(NCCCN5CCCCC5)n4)cc3)c3ccccc23)n1. The molecule has 0 spiro atoms. The zero-order valence-electron chi connectivity index (χ0n) is 26.4. The second-order valence-corrected chi connectivity index (χ2v) is 11.7. The zero-order valence-corrected chi connectivity index (χ0v) is 26.4. The third-order valence-electron chi connectivity index (χ3n) is 8.24. The number of likely N-dealkylation sites (tertiary alicyclic amines) is 1. The number of pyridine rings is 2. The molecule has 0 atom stereocenters. The van der Waals surface area contributed by atoms with E-state index < -0.39 is 0 Å². The lowest BCUT2D eigenvalue weighted by atomic mass is 10.1. The van der Waals surface area contributed by atoms with Crippen LogP contribution in [0.2, 0.25) is 0 Å². The Bertz CT molecular complexity index is 1960. The largest absolute Gasteiger partial charge is 0.438 e. The summed E-state index contributed by atoms with van der Waals surface area (Å²) in [6.45, 7) is 6.32. The van der Waals surface area contributed by atoms with Crippen LogP contribution in [0, 0.1) is 6.92 Å². The number of hydrogen-bond donors (Lipinski definition) is 2. The van der Waals surface area contributed by atoms with Crippen LogP contribution in [0.3, 0.4) is 0 Å². The molecule has 0 unspecified atom stereocenters. The van der Waals surface area contributed by atoms with Crippen LogP contribution in [0.25, 0.3) is 33.4 Å². The summed E-state index contributed by atoms with van der Waals surface area (Å²) in [5.74, 6) is 2.39. The summed E-state index contributed by atoms with van der Waals surface area (Å²) in [4.78, 5) is 20.9. The minimum atomic E-state index is 0.472. The van der Waals surface area contributed by atoms with Gasteiger partial charge in [-0.05, 0) is 100 Å². The van der Waals surface area contributed by atoms with Crippen molar-refractivity contribution < 1.29 is 4.74 Å². The molecule has 236 valence electrons. The number of anilines is 3. The van der Waals surface area contributed by atoms with E-state index in [-0.39, 0.29) is 0 Å². The number of rotatable bonds is 11. The van der Waals surface area contributed by atoms with Gasteiger partial charge in [-0.3, -0.25) is 4.98 Å². The van der Waals surface area contributed by atoms with Crippen LogP contribution in [0.5, 0.6) is 11.6 Å². The number of fused-ring (bicyclic) bond motifs is 1. The van der Waals surface area contributed by atoms with Gasteiger partial charge in [0, 0.05) is 41.1 Å². The van der Waals surface area contributed by atoms with E-state index in [0.29, 0.717) is 23.4 Å². The maximum Gasteiger partial charge on any atom is 0.228 e. The highest BCUT2D eigenvalue weighted by Crippen LogP contribution is 2.33. The molecule has 0 amide bonds. The molecule has 1 aliphatic heterocycles. The van der Waals surface area contributed by atoms with Crippen molar-refractivity contribution in [1.82, 2.24) is 35.0 Å². The summed E-state index contributed by atoms with van der Waals surface area (Å²) in [5.41, 5.74) is 4.88. The molecule has 10 nitrogen and oxygen atoms in total. The second-order valence-electron chi connectivity index (χ2n) is 11.7. The van der Waals surface area contributed by atoms with Crippen LogP contribution in [-0.4, -0.2) is 61.2 Å². The number of benzene rings is 2. The molecule has 2 aromatic carbocycles. The fourth-order valence-electron chi connectivity index (χ4n) is 5.86. The van der Waals surface area contributed by atoms with E-state index in [1.54, 1.807) is 12.4 Å². The highest BCUT2D eigenvalue weighted by molar-refractivity contribution is 6.00. The Labute approximate surface area is 274 Å². The molecule has 6 aromatic rings. The molecule has 0 radical (unpaired) electrons. The lowest BCUT2D eigenvalue weighted by molar-refractivity contribution is 0.228. The van der Waals surface area contributed by atoms with Gasteiger partial charge in [-0.1, -0.05) is 36.8 Å². The molecule has 0 saturated carbocycles. The van der Waals surface area contributed by atoms with Gasteiger partial charge >= 0.3 is 0 Å². The number of nitrogens with zero attached hydrogens (tertiary/aromatic N) is 7. The second kappa shape index (κ2) is 14.3. The Morgan fingerprint density at radius 2 is 1.60 bits per heavy atom. The van der Waals surface area contributed by atoms with Gasteiger partial charge in [0.2, 0.25) is 11.8 Å². The van der Waals surface area contributed by atoms with E-state index in [4.69, 9.17) is 9.72 Å². The van der Waals surface area contributed by atoms with Crippen LogP contribution in [-0.2, 0) is 0 Å². The van der Waals surface area contributed by atoms with Crippen molar-refractivity contribution in [3.8, 4) is 34.3 Å². The molecule has 7 rings (SSSR count). The Kier molecular flexibility index (Phi) is 9.19. The molecule has 0 aliphatic carbocycles. The van der Waals surface area contributed by atoms with E-state index >= 15 is 0 Å². The predicted molar refractivity (Wildman–Crippen MR) is 186 cm³/mol. The van der Waals surface area contributed by atoms with Crippen LogP contribution in [0.15, 0.2) is 97.3 Å². The molecule has 1 aliphatic rings. The molecular formula is C37H37N9O. The van der Waals surface area contributed by atoms with Gasteiger partial charge in [-0.25, -0.2) is 15.0 Å². The summed E-state index contributed by atoms with van der Waals surface area (Å²) in [5, 5.41) is 17.8. The van der Waals surface area contributed by atoms with Crippen molar-refractivity contribution in [1.29, 1.82) is 0 Å². The van der Waals surface area contributed by atoms with Crippen molar-refractivity contribution in [2.75, 3.05) is 36.8 Å². The standard InChI is InChI=1S/C37H37N9O/c1-26-10-7-14-33(41-26)34-29-11-3-4-12-30(29)35(45-44-34)42-27-15-17-28(18-16-27)47-36-31(13-8-20-38-36)32-19-22-40-37(43-32)39-21-9-25-46-23-5-2-6-24-46/h3-4,7-8,10-20,22H,2,5-6,9,21,23-25H2,1H3,(H,42,45)(H,39,40,43). The predicted octanol–water partition coefficient (Wildman–Crippen LogP) is 7.68. The highest BCUT2D eigenvalue weighted by Gasteiger charge is 2.14. The van der Waals surface area contributed by atoms with Crippen molar-refractivity contribution in [3.05, 3.63) is 103 Å². The average molecular weight is 624 g/mol. The topological polar surface area (TPSA) is 114 Å². The normalized spacial score (nSPS) is 13.4. The van der Waals surface area contributed by atoms with Gasteiger partial charge in [-0.15, -0.1) is 10.2 Å². The molecule has 2 N–H and O–H groups in total. The number of nitrogens with one attached hydrogen (secondary N) is 2. The van der Waals surface area contributed by atoms with E-state index in [0.717, 1.165) is 64.3 Å². The van der Waals surface area contributed by atoms with Crippen LogP contribution >= 0.6 is 0 Å². The Morgan fingerprint density at radius 1 is 0.745 bits per heavy atom. The number of aromatic nitrogens is 6. The van der Waals surface area contributed by atoms with Crippen molar-refractivity contribution in [2.45, 2.75) is 32.6 Å². The van der Waals surface area contributed by atoms with Crippen molar-refractivity contribution in [3.63, 3.8) is 0 Å². The molecule has 1 fully saturated rings. The first-order chi connectivity index (χ1) is 23.2. The third-order valence-corrected chi connectivity index (χ3v) is 8.24. The summed E-state index contributed by atoms with van der Waals surface area (Å²) < 4.78 is 6.26. The minimum Gasteiger partial charge on any atom is -0.438 e. The lowest BCUT2D eigenvalue weighted by Gasteiger charge is -2.26. The zero-order chi connectivity index (χ0) is 31.8. The van der Waals surface area contributed by atoms with Gasteiger partial charge < -0.3 is 20.3 Å². The van der Waals surface area contributed by atoms with Crippen LogP contribution in [0.1, 0.15) is 31.4 Å². The van der Waals surface area contributed by atoms with E-state index in [9.17, 15) is 0 Å². The highest BCUT2D eigenvalue weighted by atomic mass is 16.5. The molecule has 47 heavy (non-hydrogen) atoms. The smallest absolute Gasteiger partial charge is 0.228 e. The van der Waals surface area contributed by atoms with Gasteiger partial charge in [0.05, 0.1) is 17.0 Å². The number of piperidine rings is 1. The first-order valence-electron chi connectivity index (χ1n) is 16.2. The lowest BCUT2D eigenvalue weighted by Crippen LogP contribution is -2.31. The Hall–Kier alpha value is -5.48. The molecule has 1 saturated heterocycles. The summed E-state index contributed by atoms with van der Waals surface area (Å²) in [6, 6.07) is 27.4. The first-order valence-corrected chi connectivity index (χ1v) is 16.2. The van der Waals surface area contributed by atoms with Crippen LogP contribution in [0.4, 0.5) is 17.5 Å². The Balaban J connectivity index is 1.03. The fraction of sp³-hybridized carbons (Fsp3) is 0.243. The maximum absolute atomic E-state index is 6.26. The van der Waals surface area contributed by atoms with Crippen molar-refractivity contribution >= 4 is 28.2 Å². The maximum atomic E-state index is 6.26. The molecular weight excluding hydrogens is 586 g/mol. The monoisotopic (exact) mass is 623 g/mol. The van der Waals surface area contributed by atoms with Gasteiger partial charge in [0.15, 0.2) is 5.82 Å². The summed E-state index contributed by atoms with van der Waals surface area (Å²) >= 11 is 0. The number of hydrogen-bond acceptors (Lipinski definition) is 10. The van der Waals surface area contributed by atoms with Crippen LogP contribution < -0.4 is 15.4 Å². The number of ether oxygens (including phenoxy) is 1. The summed E-state index contributed by atoms with van der Waals surface area (Å²) in [6.07, 6.45) is 8.51. The molecule has 10 heteroatoms. The Morgan fingerprint density at radius 3 is 2.45 bits per heavy atom. The van der Waals surface area contributed by atoms with E-state index in [1.165, 1.54) is 32.4 Å². The van der Waals surface area contributed by atoms with Crippen molar-refractivity contribution in [2.24, 2.45) is 0 Å². The molecule has 4 aromatic heterocycles. The quantitative estimate of drug-likeness (QED) is 0.139. The molecule has 0 bridgehead atoms. The minimum absolute atomic E-state index is 0.472. The number of aryl methyl sites for hydroxylation is 1. The summed E-state index contributed by atoms with van der Waals surface area (Å²) in [7, 11) is 0. The first kappa shape index (κ1) is 30.2. The van der Waals surface area contributed by atoms with Gasteiger partial charge in [0.25, 0.3) is 0 Å². The van der Waals surface area contributed by atoms with Gasteiger partial charge in [0.1, 0.15) is 11.4 Å². The molecule has 5 heterocycles. The fourth-order valence-corrected chi connectivity index (χ4v) is 5.86. The average Bonchev–Trinajstić information content (AvgIpc) is 3.12. The van der Waals surface area contributed by atoms with E-state index in [1.807, 2.05) is 91.9 Å². The van der Waals surface area contributed by atoms with Gasteiger partial charge in [-0.2, -0.15) is 0 Å².